The second-order valence-corrected chi connectivity index (χ2v) is 9.00. The maximum Gasteiger partial charge on any atom is 0.237 e. The molecule has 1 aromatic heterocycles. The van der Waals surface area contributed by atoms with Gasteiger partial charge in [0.05, 0.1) is 16.9 Å². The molecule has 32 heavy (non-hydrogen) atoms. The van der Waals surface area contributed by atoms with Crippen molar-refractivity contribution in [1.29, 1.82) is 5.26 Å². The Labute approximate surface area is 191 Å². The molecule has 166 valence electrons. The Bertz CT molecular complexity index is 1130. The highest BCUT2D eigenvalue weighted by molar-refractivity contribution is 8.00. The van der Waals surface area contributed by atoms with E-state index in [0.717, 1.165) is 16.9 Å². The lowest BCUT2D eigenvalue weighted by atomic mass is 10.0. The summed E-state index contributed by atoms with van der Waals surface area (Å²) in [5, 5.41) is 19.9. The zero-order valence-corrected chi connectivity index (χ0v) is 19.3. The number of carbonyl (C=O) groups excluding carboxylic acids is 1. The van der Waals surface area contributed by atoms with E-state index in [4.69, 9.17) is 15.8 Å². The van der Waals surface area contributed by atoms with Gasteiger partial charge in [-0.1, -0.05) is 37.7 Å². The van der Waals surface area contributed by atoms with Crippen molar-refractivity contribution < 1.29 is 9.53 Å². The summed E-state index contributed by atoms with van der Waals surface area (Å²) in [5.74, 6) is 7.53. The Morgan fingerprint density at radius 3 is 2.59 bits per heavy atom. The van der Waals surface area contributed by atoms with Crippen molar-refractivity contribution in [3.05, 3.63) is 65.0 Å². The molecule has 0 aliphatic rings. The first-order valence-corrected chi connectivity index (χ1v) is 11.1. The lowest BCUT2D eigenvalue weighted by Gasteiger charge is -2.15. The number of ether oxygens (including phenoxy) is 1. The van der Waals surface area contributed by atoms with Crippen LogP contribution in [-0.4, -0.2) is 26.0 Å². The third-order valence-electron chi connectivity index (χ3n) is 4.82. The minimum Gasteiger partial charge on any atom is -0.485 e. The summed E-state index contributed by atoms with van der Waals surface area (Å²) in [6, 6.07) is 14.8. The summed E-state index contributed by atoms with van der Waals surface area (Å²) in [7, 11) is 0. The number of nitrogens with zero attached hydrogens (tertiary/aromatic N) is 4. The molecule has 3 aromatic rings. The first-order valence-electron chi connectivity index (χ1n) is 10.2. The molecule has 0 fully saturated rings. The van der Waals surface area contributed by atoms with Crippen LogP contribution in [0.1, 0.15) is 49.2 Å². The Morgan fingerprint density at radius 2 is 1.94 bits per heavy atom. The molecule has 0 saturated heterocycles. The number of hydrogen-bond donors (Lipinski definition) is 2. The monoisotopic (exact) mass is 450 g/mol. The third kappa shape index (κ3) is 5.59. The zero-order valence-electron chi connectivity index (χ0n) is 18.5. The molecular weight excluding hydrogens is 424 g/mol. The van der Waals surface area contributed by atoms with E-state index in [0.29, 0.717) is 28.1 Å². The van der Waals surface area contributed by atoms with Crippen LogP contribution >= 0.6 is 11.8 Å². The Hall–Kier alpha value is -3.51. The number of aryl methyl sites for hydroxylation is 1. The van der Waals surface area contributed by atoms with Crippen molar-refractivity contribution in [2.75, 3.05) is 11.2 Å². The van der Waals surface area contributed by atoms with E-state index in [1.54, 1.807) is 31.2 Å². The molecule has 2 aromatic carbocycles. The molecule has 1 amide bonds. The van der Waals surface area contributed by atoms with Gasteiger partial charge in [0.2, 0.25) is 11.1 Å². The fourth-order valence-corrected chi connectivity index (χ4v) is 3.74. The number of thioether (sulfide) groups is 1. The van der Waals surface area contributed by atoms with Gasteiger partial charge in [0.25, 0.3) is 0 Å². The van der Waals surface area contributed by atoms with E-state index in [1.807, 2.05) is 19.1 Å². The Kier molecular flexibility index (Phi) is 7.38. The van der Waals surface area contributed by atoms with Crippen LogP contribution in [0.4, 0.5) is 5.69 Å². The SMILES string of the molecule is Cc1ccc(C(C)C)c(OCc2nnc(SC(C)C(=O)Nc3ccc(C#N)cc3)n2N)c1. The molecule has 1 atom stereocenters. The maximum atomic E-state index is 12.5. The van der Waals surface area contributed by atoms with E-state index >= 15 is 0 Å². The Balaban J connectivity index is 1.62. The average molecular weight is 451 g/mol. The summed E-state index contributed by atoms with van der Waals surface area (Å²) in [6.07, 6.45) is 0. The number of nitriles is 1. The van der Waals surface area contributed by atoms with Crippen LogP contribution < -0.4 is 15.9 Å². The lowest BCUT2D eigenvalue weighted by Crippen LogP contribution is -2.24. The van der Waals surface area contributed by atoms with Gasteiger partial charge in [-0.15, -0.1) is 10.2 Å². The van der Waals surface area contributed by atoms with Crippen LogP contribution in [0.2, 0.25) is 0 Å². The summed E-state index contributed by atoms with van der Waals surface area (Å²) in [6.45, 7) is 8.17. The molecular formula is C23H26N6O2S. The van der Waals surface area contributed by atoms with Gasteiger partial charge in [-0.25, -0.2) is 4.68 Å². The Morgan fingerprint density at radius 1 is 1.22 bits per heavy atom. The first-order chi connectivity index (χ1) is 15.3. The number of anilines is 1. The van der Waals surface area contributed by atoms with Crippen molar-refractivity contribution in [2.24, 2.45) is 0 Å². The highest BCUT2D eigenvalue weighted by Gasteiger charge is 2.20. The van der Waals surface area contributed by atoms with Crippen LogP contribution in [0.5, 0.6) is 5.75 Å². The van der Waals surface area contributed by atoms with Crippen LogP contribution in [0, 0.1) is 18.3 Å². The van der Waals surface area contributed by atoms with E-state index in [-0.39, 0.29) is 12.5 Å². The smallest absolute Gasteiger partial charge is 0.237 e. The molecule has 0 spiro atoms. The van der Waals surface area contributed by atoms with Gasteiger partial charge < -0.3 is 15.9 Å². The molecule has 0 aliphatic heterocycles. The normalized spacial score (nSPS) is 11.8. The quantitative estimate of drug-likeness (QED) is 0.393. The number of aromatic nitrogens is 3. The predicted octanol–water partition coefficient (Wildman–Crippen LogP) is 3.99. The molecule has 0 saturated carbocycles. The van der Waals surface area contributed by atoms with E-state index in [2.05, 4.69) is 41.5 Å². The highest BCUT2D eigenvalue weighted by Crippen LogP contribution is 2.28. The van der Waals surface area contributed by atoms with E-state index in [1.165, 1.54) is 16.4 Å². The number of benzene rings is 2. The minimum absolute atomic E-state index is 0.166. The zero-order chi connectivity index (χ0) is 23.3. The number of nitrogens with one attached hydrogen (secondary N) is 1. The number of nitrogens with two attached hydrogens (primary N) is 1. The number of rotatable bonds is 8. The molecule has 0 radical (unpaired) electrons. The second kappa shape index (κ2) is 10.2. The van der Waals surface area contributed by atoms with Crippen LogP contribution in [-0.2, 0) is 11.4 Å². The van der Waals surface area contributed by atoms with Crippen molar-refractivity contribution in [1.82, 2.24) is 14.9 Å². The standard InChI is InChI=1S/C23H26N6O2S/c1-14(2)19-10-5-15(3)11-20(19)31-13-21-27-28-23(29(21)25)32-16(4)22(30)26-18-8-6-17(12-24)7-9-18/h5-11,14,16H,13,25H2,1-4H3,(H,26,30). The van der Waals surface area contributed by atoms with Crippen LogP contribution in [0.25, 0.3) is 0 Å². The lowest BCUT2D eigenvalue weighted by molar-refractivity contribution is -0.115. The van der Waals surface area contributed by atoms with Crippen LogP contribution in [0.15, 0.2) is 47.6 Å². The summed E-state index contributed by atoms with van der Waals surface area (Å²) in [5.41, 5.74) is 3.37. The van der Waals surface area contributed by atoms with Gasteiger partial charge in [0.15, 0.2) is 5.82 Å². The fraction of sp³-hybridized carbons (Fsp3) is 0.304. The number of amides is 1. The van der Waals surface area contributed by atoms with Crippen molar-refractivity contribution in [2.45, 2.75) is 50.6 Å². The molecule has 1 heterocycles. The molecule has 0 aliphatic carbocycles. The summed E-state index contributed by atoms with van der Waals surface area (Å²) in [4.78, 5) is 12.5. The minimum atomic E-state index is -0.463. The molecule has 3 N–H and O–H groups in total. The fourth-order valence-electron chi connectivity index (χ4n) is 2.96. The largest absolute Gasteiger partial charge is 0.485 e. The van der Waals surface area contributed by atoms with Crippen molar-refractivity contribution in [3.8, 4) is 11.8 Å². The van der Waals surface area contributed by atoms with Gasteiger partial charge >= 0.3 is 0 Å². The predicted molar refractivity (Wildman–Crippen MR) is 125 cm³/mol. The van der Waals surface area contributed by atoms with Crippen molar-refractivity contribution in [3.63, 3.8) is 0 Å². The van der Waals surface area contributed by atoms with Crippen LogP contribution in [0.3, 0.4) is 0 Å². The topological polar surface area (TPSA) is 119 Å². The van der Waals surface area contributed by atoms with Crippen molar-refractivity contribution >= 4 is 23.4 Å². The summed E-state index contributed by atoms with van der Waals surface area (Å²) >= 11 is 1.20. The molecule has 9 heteroatoms. The summed E-state index contributed by atoms with van der Waals surface area (Å²) < 4.78 is 7.34. The molecule has 0 bridgehead atoms. The third-order valence-corrected chi connectivity index (χ3v) is 5.87. The number of hydrogen-bond acceptors (Lipinski definition) is 7. The molecule has 8 nitrogen and oxygen atoms in total. The molecule has 1 unspecified atom stereocenters. The average Bonchev–Trinajstić information content (AvgIpc) is 3.11. The highest BCUT2D eigenvalue weighted by atomic mass is 32.2. The van der Waals surface area contributed by atoms with Gasteiger partial charge in [-0.2, -0.15) is 5.26 Å². The van der Waals surface area contributed by atoms with Gasteiger partial charge in [0, 0.05) is 5.69 Å². The van der Waals surface area contributed by atoms with Gasteiger partial charge in [-0.3, -0.25) is 4.79 Å². The maximum absolute atomic E-state index is 12.5. The van der Waals surface area contributed by atoms with Gasteiger partial charge in [0.1, 0.15) is 12.4 Å². The van der Waals surface area contributed by atoms with Gasteiger partial charge in [-0.05, 0) is 61.2 Å². The first kappa shape index (κ1) is 23.2. The second-order valence-electron chi connectivity index (χ2n) is 7.69. The number of carbonyl (C=O) groups is 1. The molecule has 3 rings (SSSR count). The number of nitrogen functional groups attached to an aromatic ring is 1. The van der Waals surface area contributed by atoms with E-state index in [9.17, 15) is 4.79 Å². The van der Waals surface area contributed by atoms with E-state index < -0.39 is 5.25 Å².